The molecule has 0 spiro atoms. The Morgan fingerprint density at radius 2 is 1.94 bits per heavy atom. The molecule has 0 amide bonds. The number of halogens is 1. The van der Waals surface area contributed by atoms with Crippen LogP contribution in [-0.4, -0.2) is 22.4 Å². The van der Waals surface area contributed by atoms with Crippen molar-refractivity contribution in [2.24, 2.45) is 0 Å². The number of aromatic hydroxyl groups is 1. The molecule has 0 fully saturated rings. The van der Waals surface area contributed by atoms with Gasteiger partial charge in [-0.15, -0.1) is 0 Å². The standard InChI is InChI=1S/C13H20BrNO2/c1-3-13(17,4-2)9-15-8-10-7-11(14)5-6-12(10)16/h5-7,15-17H,3-4,8-9H2,1-2H3. The molecule has 0 heterocycles. The fourth-order valence-corrected chi connectivity index (χ4v) is 2.03. The molecule has 4 heteroatoms. The van der Waals surface area contributed by atoms with E-state index >= 15 is 0 Å². The van der Waals surface area contributed by atoms with Crippen LogP contribution in [0.4, 0.5) is 0 Å². The fraction of sp³-hybridized carbons (Fsp3) is 0.538. The first-order valence-electron chi connectivity index (χ1n) is 5.91. The lowest BCUT2D eigenvalue weighted by Crippen LogP contribution is -2.39. The Morgan fingerprint density at radius 3 is 2.53 bits per heavy atom. The van der Waals surface area contributed by atoms with Crippen molar-refractivity contribution < 1.29 is 10.2 Å². The second-order valence-corrected chi connectivity index (χ2v) is 5.22. The molecule has 0 aromatic heterocycles. The molecule has 96 valence electrons. The van der Waals surface area contributed by atoms with E-state index in [1.54, 1.807) is 12.1 Å². The van der Waals surface area contributed by atoms with Gasteiger partial charge in [-0.25, -0.2) is 0 Å². The van der Waals surface area contributed by atoms with Gasteiger partial charge in [-0.2, -0.15) is 0 Å². The Morgan fingerprint density at radius 1 is 1.29 bits per heavy atom. The molecule has 1 rings (SSSR count). The summed E-state index contributed by atoms with van der Waals surface area (Å²) in [4.78, 5) is 0. The molecule has 0 atom stereocenters. The van der Waals surface area contributed by atoms with Crippen molar-refractivity contribution in [3.05, 3.63) is 28.2 Å². The van der Waals surface area contributed by atoms with Gasteiger partial charge in [0, 0.05) is 23.1 Å². The van der Waals surface area contributed by atoms with Gasteiger partial charge in [-0.3, -0.25) is 0 Å². The second kappa shape index (κ2) is 6.38. The Balaban J connectivity index is 2.53. The minimum atomic E-state index is -0.651. The number of phenols is 1. The van der Waals surface area contributed by atoms with Crippen molar-refractivity contribution in [1.29, 1.82) is 0 Å². The maximum atomic E-state index is 10.1. The van der Waals surface area contributed by atoms with Crippen LogP contribution in [0.15, 0.2) is 22.7 Å². The molecule has 0 bridgehead atoms. The van der Waals surface area contributed by atoms with Crippen LogP contribution in [-0.2, 0) is 6.54 Å². The number of phenolic OH excluding ortho intramolecular Hbond substituents is 1. The lowest BCUT2D eigenvalue weighted by molar-refractivity contribution is 0.0322. The summed E-state index contributed by atoms with van der Waals surface area (Å²) >= 11 is 3.37. The molecular weight excluding hydrogens is 282 g/mol. The molecule has 17 heavy (non-hydrogen) atoms. The van der Waals surface area contributed by atoms with E-state index in [4.69, 9.17) is 0 Å². The highest BCUT2D eigenvalue weighted by molar-refractivity contribution is 9.10. The van der Waals surface area contributed by atoms with Crippen LogP contribution in [0, 0.1) is 0 Å². The molecule has 0 saturated carbocycles. The van der Waals surface area contributed by atoms with Crippen molar-refractivity contribution in [2.75, 3.05) is 6.54 Å². The zero-order chi connectivity index (χ0) is 12.9. The monoisotopic (exact) mass is 301 g/mol. The molecular formula is C13H20BrNO2. The van der Waals surface area contributed by atoms with Gasteiger partial charge in [-0.05, 0) is 31.0 Å². The Kier molecular flexibility index (Phi) is 5.43. The molecule has 3 nitrogen and oxygen atoms in total. The summed E-state index contributed by atoms with van der Waals surface area (Å²) in [7, 11) is 0. The van der Waals surface area contributed by atoms with E-state index in [1.807, 2.05) is 19.9 Å². The van der Waals surface area contributed by atoms with E-state index < -0.39 is 5.60 Å². The van der Waals surface area contributed by atoms with E-state index in [1.165, 1.54) is 0 Å². The highest BCUT2D eigenvalue weighted by Gasteiger charge is 2.21. The zero-order valence-corrected chi connectivity index (χ0v) is 11.9. The first-order valence-corrected chi connectivity index (χ1v) is 6.70. The predicted octanol–water partition coefficient (Wildman–Crippen LogP) is 2.80. The molecule has 0 aliphatic rings. The van der Waals surface area contributed by atoms with Gasteiger partial charge in [0.2, 0.25) is 0 Å². The van der Waals surface area contributed by atoms with E-state index in [9.17, 15) is 10.2 Å². The predicted molar refractivity (Wildman–Crippen MR) is 73.0 cm³/mol. The summed E-state index contributed by atoms with van der Waals surface area (Å²) in [6.07, 6.45) is 1.45. The van der Waals surface area contributed by atoms with Crippen LogP contribution in [0.2, 0.25) is 0 Å². The topological polar surface area (TPSA) is 52.5 Å². The largest absolute Gasteiger partial charge is 0.508 e. The van der Waals surface area contributed by atoms with E-state index in [0.717, 1.165) is 22.9 Å². The summed E-state index contributed by atoms with van der Waals surface area (Å²) in [6, 6.07) is 5.33. The van der Waals surface area contributed by atoms with Crippen LogP contribution in [0.3, 0.4) is 0 Å². The molecule has 1 aromatic carbocycles. The maximum absolute atomic E-state index is 10.1. The van der Waals surface area contributed by atoms with Crippen molar-refractivity contribution in [1.82, 2.24) is 5.32 Å². The Hall–Kier alpha value is -0.580. The molecule has 3 N–H and O–H groups in total. The lowest BCUT2D eigenvalue weighted by Gasteiger charge is -2.25. The first kappa shape index (κ1) is 14.5. The van der Waals surface area contributed by atoms with Gasteiger partial charge in [0.1, 0.15) is 5.75 Å². The number of hydrogen-bond donors (Lipinski definition) is 3. The van der Waals surface area contributed by atoms with Crippen LogP contribution >= 0.6 is 15.9 Å². The SMILES string of the molecule is CCC(O)(CC)CNCc1cc(Br)ccc1O. The third kappa shape index (κ3) is 4.30. The van der Waals surface area contributed by atoms with Gasteiger partial charge < -0.3 is 15.5 Å². The number of hydrogen-bond acceptors (Lipinski definition) is 3. The van der Waals surface area contributed by atoms with Crippen molar-refractivity contribution in [3.8, 4) is 5.75 Å². The summed E-state index contributed by atoms with van der Waals surface area (Å²) in [5.41, 5.74) is 0.177. The average Bonchev–Trinajstić information content (AvgIpc) is 2.33. The fourth-order valence-electron chi connectivity index (χ4n) is 1.63. The molecule has 0 radical (unpaired) electrons. The van der Waals surface area contributed by atoms with Crippen molar-refractivity contribution >= 4 is 15.9 Å². The summed E-state index contributed by atoms with van der Waals surface area (Å²) < 4.78 is 0.938. The summed E-state index contributed by atoms with van der Waals surface area (Å²) in [5.74, 6) is 0.275. The van der Waals surface area contributed by atoms with Gasteiger partial charge in [0.25, 0.3) is 0 Å². The van der Waals surface area contributed by atoms with E-state index in [0.29, 0.717) is 13.1 Å². The number of aliphatic hydroxyl groups is 1. The molecule has 0 unspecified atom stereocenters. The third-order valence-corrected chi connectivity index (χ3v) is 3.62. The number of nitrogens with one attached hydrogen (secondary N) is 1. The Labute approximate surface area is 111 Å². The molecule has 0 saturated heterocycles. The van der Waals surface area contributed by atoms with Gasteiger partial charge >= 0.3 is 0 Å². The first-order chi connectivity index (χ1) is 8.00. The van der Waals surface area contributed by atoms with E-state index in [2.05, 4.69) is 21.2 Å². The highest BCUT2D eigenvalue weighted by Crippen LogP contribution is 2.22. The lowest BCUT2D eigenvalue weighted by atomic mass is 9.97. The van der Waals surface area contributed by atoms with Crippen LogP contribution in [0.25, 0.3) is 0 Å². The minimum absolute atomic E-state index is 0.275. The van der Waals surface area contributed by atoms with E-state index in [-0.39, 0.29) is 5.75 Å². The maximum Gasteiger partial charge on any atom is 0.120 e. The zero-order valence-electron chi connectivity index (χ0n) is 10.3. The van der Waals surface area contributed by atoms with Crippen molar-refractivity contribution in [3.63, 3.8) is 0 Å². The summed E-state index contributed by atoms with van der Waals surface area (Å²) in [5, 5.41) is 22.9. The smallest absolute Gasteiger partial charge is 0.120 e. The molecule has 0 aliphatic heterocycles. The van der Waals surface area contributed by atoms with Crippen LogP contribution in [0.5, 0.6) is 5.75 Å². The minimum Gasteiger partial charge on any atom is -0.508 e. The number of benzene rings is 1. The van der Waals surface area contributed by atoms with Crippen molar-refractivity contribution in [2.45, 2.75) is 38.8 Å². The van der Waals surface area contributed by atoms with Gasteiger partial charge in [-0.1, -0.05) is 29.8 Å². The molecule has 0 aliphatic carbocycles. The average molecular weight is 302 g/mol. The van der Waals surface area contributed by atoms with Gasteiger partial charge in [0.05, 0.1) is 5.60 Å². The molecule has 1 aromatic rings. The number of rotatable bonds is 6. The second-order valence-electron chi connectivity index (χ2n) is 4.31. The third-order valence-electron chi connectivity index (χ3n) is 3.13. The van der Waals surface area contributed by atoms with Gasteiger partial charge in [0.15, 0.2) is 0 Å². The highest BCUT2D eigenvalue weighted by atomic mass is 79.9. The van der Waals surface area contributed by atoms with Crippen LogP contribution in [0.1, 0.15) is 32.3 Å². The summed E-state index contributed by atoms with van der Waals surface area (Å²) in [6.45, 7) is 5.03. The van der Waals surface area contributed by atoms with Crippen LogP contribution < -0.4 is 5.32 Å². The Bertz CT molecular complexity index is 364. The quantitative estimate of drug-likeness (QED) is 0.757. The normalized spacial score (nSPS) is 11.8.